The lowest BCUT2D eigenvalue weighted by Crippen LogP contribution is -2.52. The fourth-order valence-electron chi connectivity index (χ4n) is 5.08. The first kappa shape index (κ1) is 22.2. The molecule has 0 radical (unpaired) electrons. The largest absolute Gasteiger partial charge is 0.497 e. The van der Waals surface area contributed by atoms with Crippen molar-refractivity contribution in [3.8, 4) is 5.75 Å². The van der Waals surface area contributed by atoms with Crippen molar-refractivity contribution >= 4 is 23.5 Å². The van der Waals surface area contributed by atoms with E-state index in [-0.39, 0.29) is 29.7 Å². The summed E-state index contributed by atoms with van der Waals surface area (Å²) in [6.07, 6.45) is 7.04. The average molecular weight is 425 g/mol. The van der Waals surface area contributed by atoms with Crippen LogP contribution in [0.15, 0.2) is 27.4 Å². The van der Waals surface area contributed by atoms with Gasteiger partial charge in [-0.25, -0.2) is 4.79 Å². The van der Waals surface area contributed by atoms with Crippen molar-refractivity contribution in [1.82, 2.24) is 9.47 Å². The topological polar surface area (TPSA) is 56.8 Å². The number of rotatable bonds is 5. The van der Waals surface area contributed by atoms with Crippen LogP contribution in [0, 0.1) is 0 Å². The summed E-state index contributed by atoms with van der Waals surface area (Å²) in [6.45, 7) is 7.33. The number of methoxy groups -OCH3 is 1. The summed E-state index contributed by atoms with van der Waals surface area (Å²) in [5.74, 6) is 0.489. The van der Waals surface area contributed by atoms with Crippen molar-refractivity contribution in [2.24, 2.45) is 0 Å². The second-order valence-electron chi connectivity index (χ2n) is 8.44. The van der Waals surface area contributed by atoms with E-state index in [1.165, 1.54) is 12.8 Å². The first-order chi connectivity index (χ1) is 13.5. The fraction of sp³-hybridized carbons (Fsp3) is 0.682. The molecular formula is C22H33ClN2O4. The van der Waals surface area contributed by atoms with E-state index in [4.69, 9.17) is 13.9 Å². The van der Waals surface area contributed by atoms with Crippen LogP contribution >= 0.6 is 12.4 Å². The maximum absolute atomic E-state index is 12.5. The second-order valence-corrected chi connectivity index (χ2v) is 8.44. The van der Waals surface area contributed by atoms with E-state index < -0.39 is 0 Å². The summed E-state index contributed by atoms with van der Waals surface area (Å²) in [6, 6.07) is 5.74. The Morgan fingerprint density at radius 3 is 2.48 bits per heavy atom. The highest BCUT2D eigenvalue weighted by atomic mass is 35.5. The lowest BCUT2D eigenvalue weighted by atomic mass is 9.79. The van der Waals surface area contributed by atoms with Gasteiger partial charge in [0, 0.05) is 37.3 Å². The van der Waals surface area contributed by atoms with Crippen molar-refractivity contribution in [2.75, 3.05) is 26.8 Å². The number of ether oxygens (including phenoxy) is 2. The van der Waals surface area contributed by atoms with Gasteiger partial charge in [-0.2, -0.15) is 0 Å². The van der Waals surface area contributed by atoms with Gasteiger partial charge in [0.25, 0.3) is 0 Å². The van der Waals surface area contributed by atoms with Gasteiger partial charge in [0.15, 0.2) is 5.58 Å². The molecular weight excluding hydrogens is 392 g/mol. The molecule has 1 aliphatic carbocycles. The Kier molecular flexibility index (Phi) is 6.97. The maximum Gasteiger partial charge on any atom is 0.420 e. The summed E-state index contributed by atoms with van der Waals surface area (Å²) in [5.41, 5.74) is 1.73. The lowest BCUT2D eigenvalue weighted by molar-refractivity contribution is -0.0274. The second kappa shape index (κ2) is 9.11. The van der Waals surface area contributed by atoms with Crippen LogP contribution < -0.4 is 10.5 Å². The molecule has 29 heavy (non-hydrogen) atoms. The molecule has 4 rings (SSSR count). The van der Waals surface area contributed by atoms with Crippen molar-refractivity contribution in [1.29, 1.82) is 0 Å². The third-order valence-corrected chi connectivity index (χ3v) is 6.82. The first-order valence-corrected chi connectivity index (χ1v) is 10.6. The third kappa shape index (κ3) is 4.35. The molecule has 1 aromatic heterocycles. The smallest absolute Gasteiger partial charge is 0.420 e. The molecule has 162 valence electrons. The van der Waals surface area contributed by atoms with Crippen LogP contribution in [0.4, 0.5) is 0 Å². The van der Waals surface area contributed by atoms with Gasteiger partial charge in [-0.3, -0.25) is 9.47 Å². The molecule has 1 aromatic carbocycles. The molecule has 1 saturated carbocycles. The fourth-order valence-corrected chi connectivity index (χ4v) is 5.08. The molecule has 0 amide bonds. The zero-order valence-electron chi connectivity index (χ0n) is 17.7. The summed E-state index contributed by atoms with van der Waals surface area (Å²) in [5, 5.41) is 0. The van der Waals surface area contributed by atoms with Gasteiger partial charge in [-0.05, 0) is 64.5 Å². The van der Waals surface area contributed by atoms with Gasteiger partial charge >= 0.3 is 5.76 Å². The maximum atomic E-state index is 12.5. The molecule has 0 spiro atoms. The SMILES string of the molecule is CCO[C@H]1CC[C@](C)(N2CCC(n3c(=O)oc4ccc(OC)cc43)CC2)CC1.Cl. The van der Waals surface area contributed by atoms with E-state index >= 15 is 0 Å². The van der Waals surface area contributed by atoms with E-state index in [0.717, 1.165) is 56.6 Å². The van der Waals surface area contributed by atoms with Gasteiger partial charge in [0.2, 0.25) is 0 Å². The van der Waals surface area contributed by atoms with E-state index in [1.54, 1.807) is 7.11 Å². The Bertz CT molecular complexity index is 861. The van der Waals surface area contributed by atoms with Gasteiger partial charge in [0.05, 0.1) is 18.7 Å². The molecule has 2 fully saturated rings. The highest BCUT2D eigenvalue weighted by molar-refractivity contribution is 5.85. The highest BCUT2D eigenvalue weighted by Crippen LogP contribution is 2.38. The van der Waals surface area contributed by atoms with E-state index in [2.05, 4.69) is 18.7 Å². The van der Waals surface area contributed by atoms with E-state index in [9.17, 15) is 4.79 Å². The standard InChI is InChI=1S/C22H32N2O4.ClH/c1-4-27-17-7-11-22(2,12-8-17)23-13-9-16(10-14-23)24-19-15-18(26-3)5-6-20(19)28-21(24)25;/h5-6,15-17H,4,7-14H2,1-3H3;1H/t17-,22-;. The van der Waals surface area contributed by atoms with Crippen molar-refractivity contribution < 1.29 is 13.9 Å². The number of hydrogen-bond acceptors (Lipinski definition) is 5. The predicted octanol–water partition coefficient (Wildman–Crippen LogP) is 4.40. The normalized spacial score (nSPS) is 26.4. The number of hydrogen-bond donors (Lipinski definition) is 0. The quantitative estimate of drug-likeness (QED) is 0.712. The van der Waals surface area contributed by atoms with E-state index in [1.807, 2.05) is 22.8 Å². The summed E-state index contributed by atoms with van der Waals surface area (Å²) < 4.78 is 18.5. The third-order valence-electron chi connectivity index (χ3n) is 6.82. The van der Waals surface area contributed by atoms with Crippen molar-refractivity contribution in [3.05, 3.63) is 28.7 Å². The lowest BCUT2D eigenvalue weighted by Gasteiger charge is -2.48. The van der Waals surface area contributed by atoms with Gasteiger partial charge in [0.1, 0.15) is 5.75 Å². The van der Waals surface area contributed by atoms with Crippen LogP contribution in [0.2, 0.25) is 0 Å². The number of piperidine rings is 1. The van der Waals surface area contributed by atoms with Gasteiger partial charge in [-0.1, -0.05) is 0 Å². The van der Waals surface area contributed by atoms with Crippen LogP contribution in [0.5, 0.6) is 5.75 Å². The predicted molar refractivity (Wildman–Crippen MR) is 116 cm³/mol. The Hall–Kier alpha value is -1.50. The molecule has 2 heterocycles. The Balaban J connectivity index is 0.00000240. The molecule has 2 aromatic rings. The zero-order chi connectivity index (χ0) is 19.7. The monoisotopic (exact) mass is 424 g/mol. The molecule has 0 atom stereocenters. The van der Waals surface area contributed by atoms with Crippen LogP contribution in [0.3, 0.4) is 0 Å². The molecule has 0 N–H and O–H groups in total. The highest BCUT2D eigenvalue weighted by Gasteiger charge is 2.38. The van der Waals surface area contributed by atoms with Crippen LogP contribution in [0.25, 0.3) is 11.1 Å². The number of nitrogens with zero attached hydrogens (tertiary/aromatic N) is 2. The van der Waals surface area contributed by atoms with Crippen LogP contribution in [-0.2, 0) is 4.74 Å². The minimum atomic E-state index is -0.259. The molecule has 7 heteroatoms. The summed E-state index contributed by atoms with van der Waals surface area (Å²) in [4.78, 5) is 15.1. The summed E-state index contributed by atoms with van der Waals surface area (Å²) in [7, 11) is 1.64. The van der Waals surface area contributed by atoms with E-state index in [0.29, 0.717) is 11.7 Å². The number of fused-ring (bicyclic) bond motifs is 1. The Morgan fingerprint density at radius 1 is 1.17 bits per heavy atom. The first-order valence-electron chi connectivity index (χ1n) is 10.6. The van der Waals surface area contributed by atoms with Crippen LogP contribution in [0.1, 0.15) is 58.4 Å². The number of likely N-dealkylation sites (tertiary alicyclic amines) is 1. The van der Waals surface area contributed by atoms with Crippen molar-refractivity contribution in [2.45, 2.75) is 70.1 Å². The molecule has 0 unspecified atom stereocenters. The minimum absolute atomic E-state index is 0. The van der Waals surface area contributed by atoms with Gasteiger partial charge < -0.3 is 13.9 Å². The number of halogens is 1. The number of aromatic nitrogens is 1. The minimum Gasteiger partial charge on any atom is -0.497 e. The Morgan fingerprint density at radius 2 is 1.86 bits per heavy atom. The molecule has 6 nitrogen and oxygen atoms in total. The Labute approximate surface area is 178 Å². The molecule has 2 aliphatic rings. The van der Waals surface area contributed by atoms with Crippen molar-refractivity contribution in [3.63, 3.8) is 0 Å². The van der Waals surface area contributed by atoms with Gasteiger partial charge in [-0.15, -0.1) is 12.4 Å². The number of benzene rings is 1. The molecule has 1 saturated heterocycles. The zero-order valence-corrected chi connectivity index (χ0v) is 18.5. The average Bonchev–Trinajstić information content (AvgIpc) is 3.05. The summed E-state index contributed by atoms with van der Waals surface area (Å²) >= 11 is 0. The number of oxazole rings is 1. The van der Waals surface area contributed by atoms with Crippen LogP contribution in [-0.4, -0.2) is 47.9 Å². The molecule has 1 aliphatic heterocycles. The molecule has 0 bridgehead atoms.